The molecule has 5 nitrogen and oxygen atoms in total. The number of likely N-dealkylation sites (tertiary alicyclic amines) is 1. The van der Waals surface area contributed by atoms with Gasteiger partial charge < -0.3 is 14.2 Å². The predicted octanol–water partition coefficient (Wildman–Crippen LogP) is 3.49. The fraction of sp³-hybridized carbons (Fsp3) is 0.579. The number of pyridine rings is 1. The minimum absolute atomic E-state index is 0. The number of aromatic nitrogens is 2. The predicted molar refractivity (Wildman–Crippen MR) is 100 cm³/mol. The van der Waals surface area contributed by atoms with Crippen LogP contribution in [-0.4, -0.2) is 40.1 Å². The van der Waals surface area contributed by atoms with Crippen LogP contribution in [0, 0.1) is 19.8 Å². The van der Waals surface area contributed by atoms with E-state index in [4.69, 9.17) is 4.74 Å². The minimum Gasteiger partial charge on any atom is -0.474 e. The van der Waals surface area contributed by atoms with Crippen LogP contribution in [0.1, 0.15) is 36.9 Å². The number of hydrogen-bond donors (Lipinski definition) is 0. The Morgan fingerprint density at radius 3 is 2.80 bits per heavy atom. The monoisotopic (exact) mass is 363 g/mol. The van der Waals surface area contributed by atoms with Gasteiger partial charge in [-0.2, -0.15) is 0 Å². The Kier molecular flexibility index (Phi) is 5.23. The number of aryl methyl sites for hydroxylation is 1. The van der Waals surface area contributed by atoms with Crippen molar-refractivity contribution in [3.8, 4) is 5.88 Å². The van der Waals surface area contributed by atoms with Gasteiger partial charge in [0.25, 0.3) is 0 Å². The molecule has 1 aliphatic carbocycles. The van der Waals surface area contributed by atoms with E-state index in [1.54, 1.807) is 0 Å². The van der Waals surface area contributed by atoms with Crippen molar-refractivity contribution in [1.82, 2.24) is 14.5 Å². The maximum Gasteiger partial charge on any atom is 0.238 e. The fourth-order valence-corrected chi connectivity index (χ4v) is 3.65. The van der Waals surface area contributed by atoms with Crippen molar-refractivity contribution in [1.29, 1.82) is 0 Å². The van der Waals surface area contributed by atoms with E-state index in [-0.39, 0.29) is 18.3 Å². The van der Waals surface area contributed by atoms with Crippen molar-refractivity contribution >= 4 is 29.2 Å². The van der Waals surface area contributed by atoms with Gasteiger partial charge in [-0.1, -0.05) is 0 Å². The molecule has 136 valence electrons. The highest BCUT2D eigenvalue weighted by Crippen LogP contribution is 2.36. The summed E-state index contributed by atoms with van der Waals surface area (Å²) in [6, 6.07) is 2.08. The van der Waals surface area contributed by atoms with Crippen LogP contribution in [0.25, 0.3) is 10.9 Å². The fourth-order valence-electron chi connectivity index (χ4n) is 3.65. The van der Waals surface area contributed by atoms with Crippen LogP contribution < -0.4 is 4.74 Å². The van der Waals surface area contributed by atoms with E-state index in [0.717, 1.165) is 30.9 Å². The lowest BCUT2D eigenvalue weighted by Gasteiger charge is -2.16. The molecule has 0 bridgehead atoms. The van der Waals surface area contributed by atoms with Crippen LogP contribution in [0.2, 0.25) is 0 Å². The second-order valence-electron chi connectivity index (χ2n) is 7.11. The number of fused-ring (bicyclic) bond motifs is 1. The molecular weight excluding hydrogens is 338 g/mol. The SMILES string of the molecule is Cc1c(C)n(CC2CC2)c2c(OCCN3CCCC3=O)nccc12.Cl. The van der Waals surface area contributed by atoms with Crippen molar-refractivity contribution in [3.63, 3.8) is 0 Å². The Morgan fingerprint density at radius 2 is 2.12 bits per heavy atom. The van der Waals surface area contributed by atoms with Gasteiger partial charge in [0.2, 0.25) is 11.8 Å². The lowest BCUT2D eigenvalue weighted by molar-refractivity contribution is -0.128. The molecule has 4 rings (SSSR count). The van der Waals surface area contributed by atoms with E-state index in [9.17, 15) is 4.79 Å². The van der Waals surface area contributed by atoms with Gasteiger partial charge >= 0.3 is 0 Å². The Balaban J connectivity index is 0.00000182. The standard InChI is InChI=1S/C19H25N3O2.ClH/c1-13-14(2)22(12-15-5-6-15)18-16(13)7-8-20-19(18)24-11-10-21-9-3-4-17(21)23;/h7-8,15H,3-6,9-12H2,1-2H3;1H. The highest BCUT2D eigenvalue weighted by atomic mass is 35.5. The number of rotatable bonds is 6. The van der Waals surface area contributed by atoms with Crippen molar-refractivity contribution in [2.24, 2.45) is 5.92 Å². The maximum atomic E-state index is 11.7. The average Bonchev–Trinajstić information content (AvgIpc) is 3.27. The normalized spacial score (nSPS) is 17.2. The number of carbonyl (C=O) groups excluding carboxylic acids is 1. The summed E-state index contributed by atoms with van der Waals surface area (Å²) in [7, 11) is 0. The van der Waals surface area contributed by atoms with Gasteiger partial charge in [-0.15, -0.1) is 12.4 Å². The first-order valence-corrected chi connectivity index (χ1v) is 9.00. The third-order valence-electron chi connectivity index (χ3n) is 5.42. The van der Waals surface area contributed by atoms with E-state index < -0.39 is 0 Å². The lowest BCUT2D eigenvalue weighted by atomic mass is 10.2. The number of amides is 1. The molecule has 6 heteroatoms. The Morgan fingerprint density at radius 1 is 1.32 bits per heavy atom. The van der Waals surface area contributed by atoms with E-state index in [1.807, 2.05) is 11.1 Å². The summed E-state index contributed by atoms with van der Waals surface area (Å²) in [6.45, 7) is 7.43. The zero-order chi connectivity index (χ0) is 16.7. The van der Waals surface area contributed by atoms with Crippen molar-refractivity contribution in [3.05, 3.63) is 23.5 Å². The molecular formula is C19H26ClN3O2. The van der Waals surface area contributed by atoms with Gasteiger partial charge in [-0.25, -0.2) is 4.98 Å². The van der Waals surface area contributed by atoms with Crippen LogP contribution in [0.15, 0.2) is 12.3 Å². The van der Waals surface area contributed by atoms with Crippen LogP contribution in [-0.2, 0) is 11.3 Å². The molecule has 1 amide bonds. The molecule has 2 fully saturated rings. The topological polar surface area (TPSA) is 47.4 Å². The summed E-state index contributed by atoms with van der Waals surface area (Å²) in [4.78, 5) is 18.1. The zero-order valence-corrected chi connectivity index (χ0v) is 15.8. The van der Waals surface area contributed by atoms with Crippen LogP contribution in [0.5, 0.6) is 5.88 Å². The van der Waals surface area contributed by atoms with Crippen molar-refractivity contribution in [2.75, 3.05) is 19.7 Å². The summed E-state index contributed by atoms with van der Waals surface area (Å²) in [5, 5.41) is 1.23. The Labute approximate surface area is 154 Å². The Bertz CT molecular complexity index is 783. The summed E-state index contributed by atoms with van der Waals surface area (Å²) in [6.07, 6.45) is 6.12. The molecule has 0 N–H and O–H groups in total. The third kappa shape index (κ3) is 3.47. The number of nitrogens with zero attached hydrogens (tertiary/aromatic N) is 3. The second-order valence-corrected chi connectivity index (χ2v) is 7.11. The number of carbonyl (C=O) groups is 1. The molecule has 0 spiro atoms. The molecule has 2 aliphatic rings. The van der Waals surface area contributed by atoms with Gasteiger partial charge in [0.1, 0.15) is 12.1 Å². The van der Waals surface area contributed by atoms with Crippen molar-refractivity contribution < 1.29 is 9.53 Å². The molecule has 2 aromatic rings. The summed E-state index contributed by atoms with van der Waals surface area (Å²) >= 11 is 0. The molecule has 0 aromatic carbocycles. The van der Waals surface area contributed by atoms with Crippen LogP contribution in [0.3, 0.4) is 0 Å². The quantitative estimate of drug-likeness (QED) is 0.789. The zero-order valence-electron chi connectivity index (χ0n) is 15.0. The Hall–Kier alpha value is -1.75. The summed E-state index contributed by atoms with van der Waals surface area (Å²) in [5.41, 5.74) is 3.74. The van der Waals surface area contributed by atoms with Crippen LogP contribution in [0.4, 0.5) is 0 Å². The molecule has 1 aliphatic heterocycles. The maximum absolute atomic E-state index is 11.7. The van der Waals surface area contributed by atoms with Gasteiger partial charge in [0, 0.05) is 36.8 Å². The molecule has 2 aromatic heterocycles. The number of halogens is 1. The summed E-state index contributed by atoms with van der Waals surface area (Å²) < 4.78 is 8.40. The first-order chi connectivity index (χ1) is 11.6. The van der Waals surface area contributed by atoms with Gasteiger partial charge in [-0.05, 0) is 50.7 Å². The van der Waals surface area contributed by atoms with E-state index in [0.29, 0.717) is 25.5 Å². The average molecular weight is 364 g/mol. The molecule has 0 atom stereocenters. The minimum atomic E-state index is 0. The molecule has 0 radical (unpaired) electrons. The second kappa shape index (κ2) is 7.24. The highest BCUT2D eigenvalue weighted by Gasteiger charge is 2.25. The molecule has 25 heavy (non-hydrogen) atoms. The van der Waals surface area contributed by atoms with Gasteiger partial charge in [0.05, 0.1) is 6.54 Å². The molecule has 0 unspecified atom stereocenters. The largest absolute Gasteiger partial charge is 0.474 e. The molecule has 1 saturated heterocycles. The molecule has 1 saturated carbocycles. The smallest absolute Gasteiger partial charge is 0.238 e. The van der Waals surface area contributed by atoms with E-state index in [2.05, 4.69) is 29.5 Å². The highest BCUT2D eigenvalue weighted by molar-refractivity contribution is 5.88. The van der Waals surface area contributed by atoms with Gasteiger partial charge in [0.15, 0.2) is 0 Å². The van der Waals surface area contributed by atoms with Crippen LogP contribution >= 0.6 is 12.4 Å². The van der Waals surface area contributed by atoms with Gasteiger partial charge in [-0.3, -0.25) is 4.79 Å². The number of hydrogen-bond acceptors (Lipinski definition) is 3. The molecule has 3 heterocycles. The van der Waals surface area contributed by atoms with Crippen molar-refractivity contribution in [2.45, 2.75) is 46.1 Å². The lowest BCUT2D eigenvalue weighted by Crippen LogP contribution is -2.29. The third-order valence-corrected chi connectivity index (χ3v) is 5.42. The van der Waals surface area contributed by atoms with E-state index in [1.165, 1.54) is 29.5 Å². The number of ether oxygens (including phenoxy) is 1. The summed E-state index contributed by atoms with van der Waals surface area (Å²) in [5.74, 6) is 1.75. The first-order valence-electron chi connectivity index (χ1n) is 9.00. The van der Waals surface area contributed by atoms with E-state index >= 15 is 0 Å². The first kappa shape index (κ1) is 18.1.